The lowest BCUT2D eigenvalue weighted by atomic mass is 10.2. The van der Waals surface area contributed by atoms with Crippen molar-refractivity contribution in [1.29, 1.82) is 0 Å². The summed E-state index contributed by atoms with van der Waals surface area (Å²) in [5.74, 6) is 0.593. The number of rotatable bonds is 3. The average molecular weight is 292 g/mol. The zero-order valence-corrected chi connectivity index (χ0v) is 11.9. The van der Waals surface area contributed by atoms with Crippen LogP contribution in [0.25, 0.3) is 0 Å². The van der Waals surface area contributed by atoms with Gasteiger partial charge in [0.1, 0.15) is 0 Å². The van der Waals surface area contributed by atoms with Gasteiger partial charge in [-0.1, -0.05) is 0 Å². The normalized spacial score (nSPS) is 25.5. The van der Waals surface area contributed by atoms with Gasteiger partial charge in [-0.3, -0.25) is 9.89 Å². The largest absolute Gasteiger partial charge is 0.390 e. The van der Waals surface area contributed by atoms with Crippen molar-refractivity contribution in [1.82, 2.24) is 15.1 Å². The lowest BCUT2D eigenvalue weighted by Gasteiger charge is -2.25. The van der Waals surface area contributed by atoms with Crippen molar-refractivity contribution in [3.05, 3.63) is 0 Å². The van der Waals surface area contributed by atoms with Gasteiger partial charge in [-0.15, -0.1) is 0 Å². The first-order valence-corrected chi connectivity index (χ1v) is 7.26. The molecule has 2 aliphatic heterocycles. The summed E-state index contributed by atoms with van der Waals surface area (Å²) >= 11 is 0. The number of aliphatic imine (C=N–C) groups is 1. The van der Waals surface area contributed by atoms with Gasteiger partial charge in [-0.2, -0.15) is 13.2 Å². The number of likely N-dealkylation sites (tertiary alicyclic amines) is 2. The second kappa shape index (κ2) is 6.65. The number of nitrogens with zero attached hydrogens (tertiary/aromatic N) is 3. The Kier molecular flexibility index (Phi) is 5.12. The number of hydrogen-bond acceptors (Lipinski definition) is 2. The molecule has 0 aromatic heterocycles. The third-order valence-corrected chi connectivity index (χ3v) is 4.02. The molecule has 1 atom stereocenters. The predicted molar refractivity (Wildman–Crippen MR) is 72.8 cm³/mol. The molecule has 1 unspecified atom stereocenters. The SMILES string of the molecule is CN=C(NCCC(F)(F)F)N1CCC(N2CCCC2)C1. The summed E-state index contributed by atoms with van der Waals surface area (Å²) in [7, 11) is 1.62. The summed E-state index contributed by atoms with van der Waals surface area (Å²) in [5, 5.41) is 2.82. The molecule has 0 amide bonds. The molecular formula is C13H23F3N4. The Morgan fingerprint density at radius 1 is 1.25 bits per heavy atom. The molecule has 1 N–H and O–H groups in total. The van der Waals surface area contributed by atoms with E-state index in [1.807, 2.05) is 0 Å². The Labute approximate surface area is 118 Å². The molecule has 4 nitrogen and oxygen atoms in total. The van der Waals surface area contributed by atoms with Gasteiger partial charge in [0, 0.05) is 32.7 Å². The van der Waals surface area contributed by atoms with Gasteiger partial charge in [-0.25, -0.2) is 0 Å². The van der Waals surface area contributed by atoms with Crippen molar-refractivity contribution in [3.8, 4) is 0 Å². The standard InChI is InChI=1S/C13H23F3N4/c1-17-12(18-6-5-13(14,15)16)20-9-4-11(10-20)19-7-2-3-8-19/h11H,2-10H2,1H3,(H,17,18). The molecule has 0 spiro atoms. The molecule has 0 aliphatic carbocycles. The minimum absolute atomic E-state index is 0.110. The third-order valence-electron chi connectivity index (χ3n) is 4.02. The van der Waals surface area contributed by atoms with Gasteiger partial charge in [0.25, 0.3) is 0 Å². The van der Waals surface area contributed by atoms with Gasteiger partial charge in [-0.05, 0) is 32.4 Å². The van der Waals surface area contributed by atoms with E-state index in [9.17, 15) is 13.2 Å². The Balaban J connectivity index is 1.77. The number of guanidine groups is 1. The molecule has 0 bridgehead atoms. The smallest absolute Gasteiger partial charge is 0.356 e. The molecule has 116 valence electrons. The van der Waals surface area contributed by atoms with Gasteiger partial charge in [0.2, 0.25) is 0 Å². The summed E-state index contributed by atoms with van der Waals surface area (Å²) < 4.78 is 36.5. The van der Waals surface area contributed by atoms with E-state index in [1.54, 1.807) is 7.05 Å². The zero-order valence-electron chi connectivity index (χ0n) is 11.9. The lowest BCUT2D eigenvalue weighted by molar-refractivity contribution is -0.132. The summed E-state index contributed by atoms with van der Waals surface area (Å²) in [6, 6.07) is 0.527. The van der Waals surface area contributed by atoms with Crippen LogP contribution in [0.2, 0.25) is 0 Å². The highest BCUT2D eigenvalue weighted by molar-refractivity contribution is 5.80. The van der Waals surface area contributed by atoms with Crippen LogP contribution in [0.4, 0.5) is 13.2 Å². The molecule has 2 heterocycles. The number of nitrogens with one attached hydrogen (secondary N) is 1. The average Bonchev–Trinajstić information content (AvgIpc) is 3.03. The van der Waals surface area contributed by atoms with E-state index in [0.29, 0.717) is 12.0 Å². The van der Waals surface area contributed by atoms with Crippen LogP contribution >= 0.6 is 0 Å². The van der Waals surface area contributed by atoms with Crippen molar-refractivity contribution in [2.45, 2.75) is 37.9 Å². The second-order valence-electron chi connectivity index (χ2n) is 5.47. The molecule has 0 saturated carbocycles. The van der Waals surface area contributed by atoms with E-state index in [-0.39, 0.29) is 6.54 Å². The Hall–Kier alpha value is -0.980. The molecular weight excluding hydrogens is 269 g/mol. The number of halogens is 3. The highest BCUT2D eigenvalue weighted by atomic mass is 19.4. The van der Waals surface area contributed by atoms with Gasteiger partial charge >= 0.3 is 6.18 Å². The zero-order chi connectivity index (χ0) is 14.6. The quantitative estimate of drug-likeness (QED) is 0.634. The minimum atomic E-state index is -4.12. The van der Waals surface area contributed by atoms with E-state index in [2.05, 4.69) is 20.1 Å². The van der Waals surface area contributed by atoms with E-state index in [1.165, 1.54) is 12.8 Å². The van der Waals surface area contributed by atoms with Gasteiger partial charge < -0.3 is 10.2 Å². The first-order valence-electron chi connectivity index (χ1n) is 7.26. The Morgan fingerprint density at radius 3 is 2.55 bits per heavy atom. The summed E-state index contributed by atoms with van der Waals surface area (Å²) in [5.41, 5.74) is 0. The molecule has 7 heteroatoms. The maximum Gasteiger partial charge on any atom is 0.390 e. The molecule has 0 aromatic carbocycles. The Bertz CT molecular complexity index is 337. The topological polar surface area (TPSA) is 30.9 Å². The fourth-order valence-corrected chi connectivity index (χ4v) is 2.99. The van der Waals surface area contributed by atoms with Crippen LogP contribution in [0, 0.1) is 0 Å². The minimum Gasteiger partial charge on any atom is -0.356 e. The Morgan fingerprint density at radius 2 is 1.95 bits per heavy atom. The molecule has 2 rings (SSSR count). The van der Waals surface area contributed by atoms with Gasteiger partial charge in [0.15, 0.2) is 5.96 Å². The summed E-state index contributed by atoms with van der Waals surface area (Å²) in [6.45, 7) is 3.93. The molecule has 0 radical (unpaired) electrons. The second-order valence-corrected chi connectivity index (χ2v) is 5.47. The van der Waals surface area contributed by atoms with Crippen LogP contribution < -0.4 is 5.32 Å². The fraction of sp³-hybridized carbons (Fsp3) is 0.923. The summed E-state index contributed by atoms with van der Waals surface area (Å²) in [4.78, 5) is 8.65. The molecule has 0 aromatic rings. The van der Waals surface area contributed by atoms with Crippen LogP contribution in [0.5, 0.6) is 0 Å². The highest BCUT2D eigenvalue weighted by Crippen LogP contribution is 2.21. The maximum atomic E-state index is 12.2. The molecule has 2 saturated heterocycles. The first kappa shape index (κ1) is 15.4. The number of hydrogen-bond donors (Lipinski definition) is 1. The molecule has 2 fully saturated rings. The monoisotopic (exact) mass is 292 g/mol. The lowest BCUT2D eigenvalue weighted by Crippen LogP contribution is -2.43. The van der Waals surface area contributed by atoms with E-state index in [0.717, 1.165) is 32.6 Å². The fourth-order valence-electron chi connectivity index (χ4n) is 2.99. The van der Waals surface area contributed by atoms with Crippen molar-refractivity contribution < 1.29 is 13.2 Å². The highest BCUT2D eigenvalue weighted by Gasteiger charge is 2.31. The number of alkyl halides is 3. The van der Waals surface area contributed by atoms with Crippen molar-refractivity contribution >= 4 is 5.96 Å². The van der Waals surface area contributed by atoms with Crippen molar-refractivity contribution in [3.63, 3.8) is 0 Å². The third kappa shape index (κ3) is 4.26. The van der Waals surface area contributed by atoms with E-state index < -0.39 is 12.6 Å². The first-order chi connectivity index (χ1) is 9.49. The predicted octanol–water partition coefficient (Wildman–Crippen LogP) is 1.68. The maximum absolute atomic E-state index is 12.2. The van der Waals surface area contributed by atoms with E-state index >= 15 is 0 Å². The van der Waals surface area contributed by atoms with Crippen LogP contribution in [0.3, 0.4) is 0 Å². The van der Waals surface area contributed by atoms with E-state index in [4.69, 9.17) is 0 Å². The van der Waals surface area contributed by atoms with Crippen LogP contribution in [-0.4, -0.2) is 67.7 Å². The van der Waals surface area contributed by atoms with Crippen molar-refractivity contribution in [2.75, 3.05) is 39.8 Å². The molecule has 20 heavy (non-hydrogen) atoms. The summed E-state index contributed by atoms with van der Waals surface area (Å²) in [6.07, 6.45) is -1.35. The van der Waals surface area contributed by atoms with Crippen LogP contribution in [0.15, 0.2) is 4.99 Å². The van der Waals surface area contributed by atoms with Crippen LogP contribution in [-0.2, 0) is 0 Å². The van der Waals surface area contributed by atoms with Gasteiger partial charge in [0.05, 0.1) is 6.42 Å². The van der Waals surface area contributed by atoms with Crippen molar-refractivity contribution in [2.24, 2.45) is 4.99 Å². The van der Waals surface area contributed by atoms with Crippen LogP contribution in [0.1, 0.15) is 25.7 Å². The molecule has 2 aliphatic rings.